The summed E-state index contributed by atoms with van der Waals surface area (Å²) in [6.45, 7) is 7.09. The van der Waals surface area contributed by atoms with Gasteiger partial charge in [-0.3, -0.25) is 9.69 Å². The lowest BCUT2D eigenvalue weighted by Gasteiger charge is -2.37. The van der Waals surface area contributed by atoms with Gasteiger partial charge >= 0.3 is 0 Å². The van der Waals surface area contributed by atoms with Gasteiger partial charge in [-0.05, 0) is 92.4 Å². The number of aliphatic hydroxyl groups is 1. The lowest BCUT2D eigenvalue weighted by atomic mass is 9.75. The standard InChI is InChI=1S/C32H35N7O2/c1-4-13-38-29(40)23-17-33-30(36-28(23)39(38)25-9-8-19-10-12-32(41,5-2)27(19)35-25)34-22-14-20-7-6-11-31-16-24(31)37(3)18-21(15-22)26(20)31/h4,8-9,14-15,17,24,41H,1,5-7,10-13,16,18H2,2-3H3,(H,33,34,36). The predicted molar refractivity (Wildman–Crippen MR) is 158 cm³/mol. The fraction of sp³-hybridized carbons (Fsp3) is 0.438. The third kappa shape index (κ3) is 3.48. The second-order valence-electron chi connectivity index (χ2n) is 12.4. The van der Waals surface area contributed by atoms with Crippen LogP contribution in [0.4, 0.5) is 11.6 Å². The first-order chi connectivity index (χ1) is 19.8. The minimum atomic E-state index is -0.959. The Hall–Kier alpha value is -3.82. The smallest absolute Gasteiger partial charge is 0.278 e. The number of hydrogen-bond donors (Lipinski definition) is 2. The SMILES string of the molecule is C=CCn1c(=O)c2cnc(Nc3cc4c5c(c3)CN(C)C3CC53CCC4)nc2n1-c1ccc2c(n1)C(O)(CC)CC2. The van der Waals surface area contributed by atoms with Crippen molar-refractivity contribution >= 4 is 22.7 Å². The number of aryl methyl sites for hydroxylation is 2. The highest BCUT2D eigenvalue weighted by Crippen LogP contribution is 2.61. The van der Waals surface area contributed by atoms with Crippen LogP contribution in [-0.2, 0) is 36.9 Å². The van der Waals surface area contributed by atoms with Gasteiger partial charge in [0, 0.05) is 29.9 Å². The summed E-state index contributed by atoms with van der Waals surface area (Å²) in [6, 6.07) is 9.13. The van der Waals surface area contributed by atoms with Crippen molar-refractivity contribution in [3.05, 3.63) is 81.4 Å². The molecule has 9 nitrogen and oxygen atoms in total. The van der Waals surface area contributed by atoms with E-state index >= 15 is 0 Å². The first-order valence-corrected chi connectivity index (χ1v) is 14.8. The number of allylic oxidation sites excluding steroid dienone is 1. The minimum Gasteiger partial charge on any atom is -0.384 e. The van der Waals surface area contributed by atoms with Crippen molar-refractivity contribution in [3.63, 3.8) is 0 Å². The molecule has 4 aromatic rings. The molecule has 1 saturated carbocycles. The number of rotatable bonds is 6. The normalized spacial score (nSPS) is 26.0. The fourth-order valence-corrected chi connectivity index (χ4v) is 8.04. The second-order valence-corrected chi connectivity index (χ2v) is 12.4. The lowest BCUT2D eigenvalue weighted by molar-refractivity contribution is 0.0306. The zero-order valence-electron chi connectivity index (χ0n) is 23.7. The lowest BCUT2D eigenvalue weighted by Crippen LogP contribution is -2.36. The molecule has 1 spiro atoms. The topological polar surface area (TPSA) is 101 Å². The highest BCUT2D eigenvalue weighted by atomic mass is 16.3. The van der Waals surface area contributed by atoms with Crippen molar-refractivity contribution in [1.82, 2.24) is 29.2 Å². The zero-order valence-corrected chi connectivity index (χ0v) is 23.7. The van der Waals surface area contributed by atoms with Gasteiger partial charge in [-0.25, -0.2) is 19.3 Å². The average molecular weight is 550 g/mol. The molecular weight excluding hydrogens is 514 g/mol. The van der Waals surface area contributed by atoms with Crippen LogP contribution in [0.15, 0.2) is 47.9 Å². The minimum absolute atomic E-state index is 0.204. The van der Waals surface area contributed by atoms with Gasteiger partial charge in [-0.1, -0.05) is 19.1 Å². The summed E-state index contributed by atoms with van der Waals surface area (Å²) >= 11 is 0. The van der Waals surface area contributed by atoms with Gasteiger partial charge < -0.3 is 10.4 Å². The number of aromatic nitrogens is 5. The van der Waals surface area contributed by atoms with Crippen LogP contribution in [0.3, 0.4) is 0 Å². The Bertz CT molecular complexity index is 1820. The molecule has 0 bridgehead atoms. The molecule has 4 heterocycles. The molecule has 0 saturated heterocycles. The molecule has 1 fully saturated rings. The van der Waals surface area contributed by atoms with Gasteiger partial charge in [-0.2, -0.15) is 4.98 Å². The van der Waals surface area contributed by atoms with Gasteiger partial charge in [-0.15, -0.1) is 6.58 Å². The van der Waals surface area contributed by atoms with Crippen molar-refractivity contribution in [1.29, 1.82) is 0 Å². The Morgan fingerprint density at radius 3 is 2.85 bits per heavy atom. The van der Waals surface area contributed by atoms with Crippen LogP contribution in [0.25, 0.3) is 16.9 Å². The summed E-state index contributed by atoms with van der Waals surface area (Å²) < 4.78 is 3.32. The van der Waals surface area contributed by atoms with Gasteiger partial charge in [0.25, 0.3) is 5.56 Å². The fourth-order valence-electron chi connectivity index (χ4n) is 8.04. The maximum atomic E-state index is 13.5. The average Bonchev–Trinajstić information content (AvgIpc) is 3.52. The van der Waals surface area contributed by atoms with Crippen molar-refractivity contribution < 1.29 is 5.11 Å². The molecule has 3 aliphatic carbocycles. The predicted octanol–water partition coefficient (Wildman–Crippen LogP) is 4.24. The third-order valence-corrected chi connectivity index (χ3v) is 10.1. The first kappa shape index (κ1) is 24.9. The summed E-state index contributed by atoms with van der Waals surface area (Å²) in [4.78, 5) is 30.3. The van der Waals surface area contributed by atoms with Crippen molar-refractivity contribution in [2.75, 3.05) is 12.4 Å². The Morgan fingerprint density at radius 1 is 1.17 bits per heavy atom. The van der Waals surface area contributed by atoms with Crippen LogP contribution >= 0.6 is 0 Å². The van der Waals surface area contributed by atoms with Crippen LogP contribution in [0.5, 0.6) is 0 Å². The third-order valence-electron chi connectivity index (χ3n) is 10.1. The summed E-state index contributed by atoms with van der Waals surface area (Å²) in [6.07, 6.45) is 10.2. The molecule has 4 aliphatic rings. The van der Waals surface area contributed by atoms with E-state index in [-0.39, 0.29) is 5.56 Å². The molecule has 3 unspecified atom stereocenters. The van der Waals surface area contributed by atoms with Crippen LogP contribution in [0.1, 0.15) is 67.0 Å². The largest absolute Gasteiger partial charge is 0.384 e. The summed E-state index contributed by atoms with van der Waals surface area (Å²) in [5, 5.41) is 15.1. The van der Waals surface area contributed by atoms with Gasteiger partial charge in [0.05, 0.1) is 12.2 Å². The van der Waals surface area contributed by atoms with Gasteiger partial charge in [0.1, 0.15) is 11.0 Å². The molecule has 1 aliphatic heterocycles. The molecule has 9 heteroatoms. The highest BCUT2D eigenvalue weighted by Gasteiger charge is 2.61. The molecular formula is C32H35N7O2. The highest BCUT2D eigenvalue weighted by molar-refractivity contribution is 5.77. The molecule has 0 radical (unpaired) electrons. The number of nitrogens with one attached hydrogen (secondary N) is 1. The van der Waals surface area contributed by atoms with Crippen molar-refractivity contribution in [2.45, 2.75) is 82.0 Å². The molecule has 41 heavy (non-hydrogen) atoms. The van der Waals surface area contributed by atoms with E-state index in [4.69, 9.17) is 9.97 Å². The Kier molecular flexibility index (Phi) is 5.23. The first-order valence-electron chi connectivity index (χ1n) is 14.8. The number of anilines is 2. The number of benzene rings is 1. The number of likely N-dealkylation sites (N-methyl/N-ethyl adjacent to an activating group) is 1. The van der Waals surface area contributed by atoms with E-state index in [0.717, 1.165) is 30.6 Å². The molecule has 0 amide bonds. The Labute approximate surface area is 238 Å². The Morgan fingerprint density at radius 2 is 2.02 bits per heavy atom. The van der Waals surface area contributed by atoms with Crippen LogP contribution in [-0.4, -0.2) is 47.4 Å². The summed E-state index contributed by atoms with van der Waals surface area (Å²) in [5.41, 5.74) is 6.83. The summed E-state index contributed by atoms with van der Waals surface area (Å²) in [7, 11) is 2.25. The van der Waals surface area contributed by atoms with E-state index in [1.807, 2.05) is 19.1 Å². The van der Waals surface area contributed by atoms with E-state index in [2.05, 4.69) is 41.0 Å². The monoisotopic (exact) mass is 549 g/mol. The number of pyridine rings is 1. The molecule has 1 aromatic carbocycles. The molecule has 3 aromatic heterocycles. The van der Waals surface area contributed by atoms with E-state index in [9.17, 15) is 9.90 Å². The van der Waals surface area contributed by atoms with E-state index < -0.39 is 5.60 Å². The zero-order chi connectivity index (χ0) is 28.1. The van der Waals surface area contributed by atoms with Gasteiger partial charge in [0.2, 0.25) is 5.95 Å². The number of fused-ring (bicyclic) bond motifs is 2. The van der Waals surface area contributed by atoms with Crippen LogP contribution < -0.4 is 10.9 Å². The Balaban J connectivity index is 1.23. The molecule has 210 valence electrons. The van der Waals surface area contributed by atoms with Crippen LogP contribution in [0.2, 0.25) is 0 Å². The van der Waals surface area contributed by atoms with E-state index in [1.54, 1.807) is 27.2 Å². The van der Waals surface area contributed by atoms with Gasteiger partial charge in [0.15, 0.2) is 11.5 Å². The summed E-state index contributed by atoms with van der Waals surface area (Å²) in [5.74, 6) is 0.973. The van der Waals surface area contributed by atoms with Crippen LogP contribution in [0, 0.1) is 0 Å². The molecule has 3 atom stereocenters. The maximum Gasteiger partial charge on any atom is 0.278 e. The van der Waals surface area contributed by atoms with E-state index in [1.165, 1.54) is 30.4 Å². The van der Waals surface area contributed by atoms with Crippen molar-refractivity contribution in [3.8, 4) is 5.82 Å². The number of nitrogens with zero attached hydrogens (tertiary/aromatic N) is 6. The van der Waals surface area contributed by atoms with E-state index in [0.29, 0.717) is 59.3 Å². The molecule has 8 rings (SSSR count). The van der Waals surface area contributed by atoms with Crippen molar-refractivity contribution in [2.24, 2.45) is 0 Å². The second kappa shape index (κ2) is 8.59. The quantitative estimate of drug-likeness (QED) is 0.347. The maximum absolute atomic E-state index is 13.5. The molecule has 2 N–H and O–H groups in total. The number of hydrogen-bond acceptors (Lipinski definition) is 7.